The van der Waals surface area contributed by atoms with Crippen LogP contribution in [0.1, 0.15) is 0 Å². The van der Waals surface area contributed by atoms with Crippen LogP contribution in [0, 0.1) is 0 Å². The molecule has 0 spiro atoms. The standard InChI is InChI=1S/C24H16BrN3O2S/c25-22-14-13-21(23-24(22)27-31-26-23)15-1-3-16(4-2-15)28(17-5-9-19(29)10-6-17)18-7-11-20(30)12-8-18/h1-14,29-30H. The number of aromatic hydroxyl groups is 2. The van der Waals surface area contributed by atoms with Gasteiger partial charge in [-0.25, -0.2) is 0 Å². The molecule has 7 heteroatoms. The van der Waals surface area contributed by atoms with Crippen molar-refractivity contribution in [3.8, 4) is 22.6 Å². The lowest BCUT2D eigenvalue weighted by molar-refractivity contribution is 0.475. The highest BCUT2D eigenvalue weighted by molar-refractivity contribution is 9.10. The zero-order chi connectivity index (χ0) is 21.4. The van der Waals surface area contributed by atoms with E-state index in [1.54, 1.807) is 24.3 Å². The lowest BCUT2D eigenvalue weighted by Crippen LogP contribution is -2.09. The van der Waals surface area contributed by atoms with E-state index < -0.39 is 0 Å². The smallest absolute Gasteiger partial charge is 0.119 e. The van der Waals surface area contributed by atoms with E-state index in [-0.39, 0.29) is 11.5 Å². The number of halogens is 1. The summed E-state index contributed by atoms with van der Waals surface area (Å²) in [5, 5.41) is 19.4. The minimum atomic E-state index is 0.209. The van der Waals surface area contributed by atoms with Crippen LogP contribution in [0.4, 0.5) is 17.1 Å². The van der Waals surface area contributed by atoms with Crippen LogP contribution in [-0.4, -0.2) is 19.0 Å². The van der Waals surface area contributed by atoms with Gasteiger partial charge in [0.2, 0.25) is 0 Å². The van der Waals surface area contributed by atoms with Crippen LogP contribution in [0.3, 0.4) is 0 Å². The van der Waals surface area contributed by atoms with Crippen molar-refractivity contribution in [1.82, 2.24) is 8.75 Å². The average Bonchev–Trinajstić information content (AvgIpc) is 3.28. The fraction of sp³-hybridized carbons (Fsp3) is 0. The van der Waals surface area contributed by atoms with Gasteiger partial charge in [-0.05, 0) is 88.2 Å². The zero-order valence-corrected chi connectivity index (χ0v) is 18.5. The van der Waals surface area contributed by atoms with Crippen molar-refractivity contribution in [2.45, 2.75) is 0 Å². The molecule has 5 aromatic rings. The molecule has 0 fully saturated rings. The fourth-order valence-electron chi connectivity index (χ4n) is 3.51. The van der Waals surface area contributed by atoms with Gasteiger partial charge in [0, 0.05) is 27.1 Å². The number of aromatic nitrogens is 2. The molecule has 0 unspecified atom stereocenters. The SMILES string of the molecule is Oc1ccc(N(c2ccc(O)cc2)c2ccc(-c3ccc(Br)c4nsnc34)cc2)cc1. The monoisotopic (exact) mass is 489 g/mol. The summed E-state index contributed by atoms with van der Waals surface area (Å²) in [5.74, 6) is 0.418. The topological polar surface area (TPSA) is 69.5 Å². The second-order valence-corrected chi connectivity index (χ2v) is 8.35. The molecule has 0 bridgehead atoms. The van der Waals surface area contributed by atoms with Crippen molar-refractivity contribution in [2.75, 3.05) is 4.90 Å². The van der Waals surface area contributed by atoms with Gasteiger partial charge in [-0.15, -0.1) is 0 Å². The first-order valence-corrected chi connectivity index (χ1v) is 11.0. The normalized spacial score (nSPS) is 11.0. The molecule has 1 heterocycles. The summed E-state index contributed by atoms with van der Waals surface area (Å²) in [5.41, 5.74) is 6.55. The molecule has 1 aromatic heterocycles. The first kappa shape index (κ1) is 19.5. The van der Waals surface area contributed by atoms with Crippen molar-refractivity contribution in [2.24, 2.45) is 0 Å². The Bertz CT molecular complexity index is 1310. The molecule has 0 aliphatic rings. The summed E-state index contributed by atoms with van der Waals surface area (Å²) in [6.07, 6.45) is 0. The second kappa shape index (κ2) is 8.02. The van der Waals surface area contributed by atoms with E-state index >= 15 is 0 Å². The molecule has 5 rings (SSSR count). The highest BCUT2D eigenvalue weighted by Crippen LogP contribution is 2.38. The summed E-state index contributed by atoms with van der Waals surface area (Å²) < 4.78 is 9.78. The Morgan fingerprint density at radius 3 is 1.65 bits per heavy atom. The molecule has 5 nitrogen and oxygen atoms in total. The van der Waals surface area contributed by atoms with Gasteiger partial charge in [0.15, 0.2) is 0 Å². The van der Waals surface area contributed by atoms with Crippen molar-refractivity contribution in [1.29, 1.82) is 0 Å². The Hall–Kier alpha value is -3.42. The van der Waals surface area contributed by atoms with Crippen molar-refractivity contribution in [3.63, 3.8) is 0 Å². The van der Waals surface area contributed by atoms with E-state index in [1.807, 2.05) is 48.5 Å². The van der Waals surface area contributed by atoms with E-state index in [1.165, 1.54) is 11.7 Å². The molecule has 0 amide bonds. The van der Waals surface area contributed by atoms with Crippen molar-refractivity contribution < 1.29 is 10.2 Å². The molecule has 0 saturated heterocycles. The van der Waals surface area contributed by atoms with E-state index in [0.29, 0.717) is 0 Å². The summed E-state index contributed by atoms with van der Waals surface area (Å²) in [7, 11) is 0. The summed E-state index contributed by atoms with van der Waals surface area (Å²) in [4.78, 5) is 2.06. The van der Waals surface area contributed by atoms with Gasteiger partial charge in [0.25, 0.3) is 0 Å². The molecular formula is C24H16BrN3O2S. The van der Waals surface area contributed by atoms with Crippen LogP contribution in [0.15, 0.2) is 89.4 Å². The number of hydrogen-bond acceptors (Lipinski definition) is 6. The molecule has 2 N–H and O–H groups in total. The van der Waals surface area contributed by atoms with Gasteiger partial charge in [0.05, 0.1) is 11.7 Å². The van der Waals surface area contributed by atoms with Gasteiger partial charge in [-0.3, -0.25) is 0 Å². The van der Waals surface area contributed by atoms with E-state index in [0.717, 1.165) is 43.7 Å². The molecule has 4 aromatic carbocycles. The van der Waals surface area contributed by atoms with Gasteiger partial charge < -0.3 is 15.1 Å². The fourth-order valence-corrected chi connectivity index (χ4v) is 4.61. The van der Waals surface area contributed by atoms with Crippen molar-refractivity contribution >= 4 is 55.8 Å². The Balaban J connectivity index is 1.58. The Kier molecular flexibility index (Phi) is 5.05. The summed E-state index contributed by atoms with van der Waals surface area (Å²) in [6.45, 7) is 0. The lowest BCUT2D eigenvalue weighted by atomic mass is 10.0. The number of phenols is 2. The quantitative estimate of drug-likeness (QED) is 0.284. The highest BCUT2D eigenvalue weighted by atomic mass is 79.9. The largest absolute Gasteiger partial charge is 0.508 e. The summed E-state index contributed by atoms with van der Waals surface area (Å²) >= 11 is 4.74. The van der Waals surface area contributed by atoms with Gasteiger partial charge in [-0.1, -0.05) is 18.2 Å². The number of rotatable bonds is 4. The first-order valence-electron chi connectivity index (χ1n) is 9.49. The number of anilines is 3. The van der Waals surface area contributed by atoms with E-state index in [4.69, 9.17) is 0 Å². The lowest BCUT2D eigenvalue weighted by Gasteiger charge is -2.25. The minimum Gasteiger partial charge on any atom is -0.508 e. The number of fused-ring (bicyclic) bond motifs is 1. The van der Waals surface area contributed by atoms with Crippen molar-refractivity contribution in [3.05, 3.63) is 89.4 Å². The Morgan fingerprint density at radius 1 is 0.613 bits per heavy atom. The first-order chi connectivity index (χ1) is 15.1. The van der Waals surface area contributed by atoms with Gasteiger partial charge in [0.1, 0.15) is 22.5 Å². The molecule has 0 atom stereocenters. The van der Waals surface area contributed by atoms with Crippen LogP contribution in [-0.2, 0) is 0 Å². The third-order valence-electron chi connectivity index (χ3n) is 5.02. The number of nitrogens with zero attached hydrogens (tertiary/aromatic N) is 3. The maximum atomic E-state index is 9.70. The Morgan fingerprint density at radius 2 is 1.10 bits per heavy atom. The third-order valence-corrected chi connectivity index (χ3v) is 6.19. The van der Waals surface area contributed by atoms with Crippen LogP contribution < -0.4 is 4.90 Å². The second-order valence-electron chi connectivity index (χ2n) is 6.97. The van der Waals surface area contributed by atoms with Crippen LogP contribution >= 0.6 is 27.7 Å². The molecule has 0 aliphatic carbocycles. The number of phenolic OH excluding ortho intramolecular Hbond substituents is 2. The average molecular weight is 490 g/mol. The molecule has 152 valence electrons. The molecule has 31 heavy (non-hydrogen) atoms. The predicted molar refractivity (Wildman–Crippen MR) is 129 cm³/mol. The van der Waals surface area contributed by atoms with Gasteiger partial charge >= 0.3 is 0 Å². The molecular weight excluding hydrogens is 474 g/mol. The van der Waals surface area contributed by atoms with Crippen LogP contribution in [0.5, 0.6) is 11.5 Å². The predicted octanol–water partition coefficient (Wildman–Crippen LogP) is 7.00. The highest BCUT2D eigenvalue weighted by Gasteiger charge is 2.14. The Labute approximate surface area is 191 Å². The maximum absolute atomic E-state index is 9.70. The van der Waals surface area contributed by atoms with E-state index in [9.17, 15) is 10.2 Å². The van der Waals surface area contributed by atoms with Crippen LogP contribution in [0.25, 0.3) is 22.2 Å². The molecule has 0 radical (unpaired) electrons. The number of hydrogen-bond donors (Lipinski definition) is 2. The molecule has 0 aliphatic heterocycles. The summed E-state index contributed by atoms with van der Waals surface area (Å²) in [6, 6.07) is 26.3. The minimum absolute atomic E-state index is 0.209. The molecule has 0 saturated carbocycles. The maximum Gasteiger partial charge on any atom is 0.119 e. The number of benzene rings is 4. The van der Waals surface area contributed by atoms with E-state index in [2.05, 4.69) is 41.7 Å². The van der Waals surface area contributed by atoms with Gasteiger partial charge in [-0.2, -0.15) is 8.75 Å². The van der Waals surface area contributed by atoms with Crippen LogP contribution in [0.2, 0.25) is 0 Å². The third kappa shape index (κ3) is 3.73. The zero-order valence-electron chi connectivity index (χ0n) is 16.1.